The van der Waals surface area contributed by atoms with E-state index in [-0.39, 0.29) is 34.2 Å². The van der Waals surface area contributed by atoms with E-state index in [1.807, 2.05) is 0 Å². The first-order valence-corrected chi connectivity index (χ1v) is 7.39. The molecule has 0 fully saturated rings. The fourth-order valence-corrected chi connectivity index (χ4v) is 2.59. The fourth-order valence-electron chi connectivity index (χ4n) is 2.59. The first kappa shape index (κ1) is 16.6. The molecular weight excluding hydrogens is 327 g/mol. The number of carbonyl (C=O) groups excluding carboxylic acids is 1. The lowest BCUT2D eigenvalue weighted by atomic mass is 10.0. The summed E-state index contributed by atoms with van der Waals surface area (Å²) in [7, 11) is 2.76. The van der Waals surface area contributed by atoms with Crippen molar-refractivity contribution in [3.8, 4) is 17.2 Å². The van der Waals surface area contributed by atoms with Gasteiger partial charge >= 0.3 is 0 Å². The van der Waals surface area contributed by atoms with Gasteiger partial charge in [0.2, 0.25) is 5.75 Å². The zero-order valence-corrected chi connectivity index (χ0v) is 13.6. The summed E-state index contributed by atoms with van der Waals surface area (Å²) in [5.74, 6) is -0.969. The zero-order valence-electron chi connectivity index (χ0n) is 13.6. The van der Waals surface area contributed by atoms with Crippen LogP contribution in [0.4, 0.5) is 4.39 Å². The number of methoxy groups -OCH3 is 2. The lowest BCUT2D eigenvalue weighted by Gasteiger charge is -2.13. The molecule has 0 saturated heterocycles. The van der Waals surface area contributed by atoms with Gasteiger partial charge in [-0.2, -0.15) is 0 Å². The number of halogens is 1. The van der Waals surface area contributed by atoms with Gasteiger partial charge in [0.1, 0.15) is 17.1 Å². The molecule has 0 aliphatic heterocycles. The van der Waals surface area contributed by atoms with Gasteiger partial charge in [0, 0.05) is 0 Å². The first-order chi connectivity index (χ1) is 12.1. The number of aromatic hydroxyl groups is 1. The lowest BCUT2D eigenvalue weighted by Crippen LogP contribution is -2.02. The molecule has 0 saturated carbocycles. The van der Waals surface area contributed by atoms with Crippen molar-refractivity contribution >= 4 is 22.8 Å². The summed E-state index contributed by atoms with van der Waals surface area (Å²) in [6.07, 6.45) is 4.21. The average molecular weight is 342 g/mol. The number of rotatable bonds is 5. The van der Waals surface area contributed by atoms with Crippen molar-refractivity contribution in [1.82, 2.24) is 0 Å². The van der Waals surface area contributed by atoms with Gasteiger partial charge in [0.15, 0.2) is 17.1 Å². The van der Waals surface area contributed by atoms with Gasteiger partial charge in [0.05, 0.1) is 25.9 Å². The van der Waals surface area contributed by atoms with Gasteiger partial charge in [-0.25, -0.2) is 4.39 Å². The van der Waals surface area contributed by atoms with Gasteiger partial charge in [0.25, 0.3) is 0 Å². The molecule has 6 heteroatoms. The third kappa shape index (κ3) is 2.94. The Labute approximate surface area is 142 Å². The highest BCUT2D eigenvalue weighted by atomic mass is 19.1. The van der Waals surface area contributed by atoms with Crippen LogP contribution < -0.4 is 9.47 Å². The molecule has 3 rings (SSSR count). The Morgan fingerprint density at radius 3 is 2.44 bits per heavy atom. The maximum absolute atomic E-state index is 12.9. The quantitative estimate of drug-likeness (QED) is 0.556. The maximum Gasteiger partial charge on any atom is 0.205 e. The van der Waals surface area contributed by atoms with Crippen LogP contribution in [0.1, 0.15) is 15.9 Å². The molecule has 0 atom stereocenters. The number of ketones is 1. The van der Waals surface area contributed by atoms with Gasteiger partial charge in [-0.1, -0.05) is 18.2 Å². The Bertz CT molecular complexity index is 954. The summed E-state index contributed by atoms with van der Waals surface area (Å²) in [5.41, 5.74) is 0.895. The molecule has 1 heterocycles. The van der Waals surface area contributed by atoms with E-state index in [1.165, 1.54) is 56.9 Å². The van der Waals surface area contributed by atoms with Crippen molar-refractivity contribution in [3.05, 3.63) is 59.6 Å². The van der Waals surface area contributed by atoms with Crippen LogP contribution in [0, 0.1) is 5.82 Å². The summed E-state index contributed by atoms with van der Waals surface area (Å²) in [4.78, 5) is 12.6. The molecule has 1 aromatic heterocycles. The van der Waals surface area contributed by atoms with Crippen LogP contribution in [0.5, 0.6) is 17.2 Å². The van der Waals surface area contributed by atoms with Crippen LogP contribution in [0.25, 0.3) is 17.0 Å². The highest BCUT2D eigenvalue weighted by Gasteiger charge is 2.26. The Kier molecular flexibility index (Phi) is 4.43. The average Bonchev–Trinajstić information content (AvgIpc) is 3.09. The summed E-state index contributed by atoms with van der Waals surface area (Å²) in [6, 6.07) is 7.29. The van der Waals surface area contributed by atoms with Gasteiger partial charge in [-0.05, 0) is 29.8 Å². The topological polar surface area (TPSA) is 68.9 Å². The minimum absolute atomic E-state index is 0.0355. The molecule has 1 N–H and O–H groups in total. The maximum atomic E-state index is 12.9. The van der Waals surface area contributed by atoms with Crippen LogP contribution >= 0.6 is 0 Å². The van der Waals surface area contributed by atoms with Crippen LogP contribution in [0.2, 0.25) is 0 Å². The summed E-state index contributed by atoms with van der Waals surface area (Å²) in [6.45, 7) is 0. The van der Waals surface area contributed by atoms with Crippen molar-refractivity contribution < 1.29 is 28.2 Å². The van der Waals surface area contributed by atoms with Crippen molar-refractivity contribution in [1.29, 1.82) is 0 Å². The number of allylic oxidation sites excluding steroid dienone is 1. The van der Waals surface area contributed by atoms with Crippen molar-refractivity contribution in [3.63, 3.8) is 0 Å². The Morgan fingerprint density at radius 2 is 1.80 bits per heavy atom. The monoisotopic (exact) mass is 342 g/mol. The second-order valence-electron chi connectivity index (χ2n) is 5.20. The number of fused-ring (bicyclic) bond motifs is 1. The third-order valence-corrected chi connectivity index (χ3v) is 3.75. The molecule has 0 unspecified atom stereocenters. The Hall–Kier alpha value is -3.28. The molecule has 0 bridgehead atoms. The number of benzene rings is 2. The number of phenolic OH excluding ortho intramolecular Hbond substituents is 1. The van der Waals surface area contributed by atoms with E-state index in [0.717, 1.165) is 0 Å². The van der Waals surface area contributed by atoms with Crippen molar-refractivity contribution in [2.45, 2.75) is 0 Å². The SMILES string of the molecule is COc1c(C(=O)C=Cc2ccc(F)cc2)c(O)c(OC)c2occc12. The van der Waals surface area contributed by atoms with Crippen molar-refractivity contribution in [2.24, 2.45) is 0 Å². The highest BCUT2D eigenvalue weighted by molar-refractivity contribution is 6.15. The van der Waals surface area contributed by atoms with E-state index in [4.69, 9.17) is 13.9 Å². The number of furan rings is 1. The molecular formula is C19H15FO5. The number of hydrogen-bond donors (Lipinski definition) is 1. The standard InChI is InChI=1S/C19H15FO5/c1-23-17-13-9-10-25-18(13)19(24-2)16(22)15(17)14(21)8-5-11-3-6-12(20)7-4-11/h3-10,22H,1-2H3. The predicted octanol–water partition coefficient (Wildman–Crippen LogP) is 4.19. The van der Waals surface area contributed by atoms with E-state index in [9.17, 15) is 14.3 Å². The van der Waals surface area contributed by atoms with Gasteiger partial charge in [-0.15, -0.1) is 0 Å². The third-order valence-electron chi connectivity index (χ3n) is 3.75. The van der Waals surface area contributed by atoms with E-state index in [2.05, 4.69) is 0 Å². The molecule has 0 spiro atoms. The zero-order chi connectivity index (χ0) is 18.0. The van der Waals surface area contributed by atoms with E-state index >= 15 is 0 Å². The van der Waals surface area contributed by atoms with Crippen LogP contribution in [0.3, 0.4) is 0 Å². The summed E-state index contributed by atoms with van der Waals surface area (Å²) < 4.78 is 28.7. The molecule has 25 heavy (non-hydrogen) atoms. The minimum atomic E-state index is -0.486. The number of carbonyl (C=O) groups is 1. The summed E-state index contributed by atoms with van der Waals surface area (Å²) >= 11 is 0. The van der Waals surface area contributed by atoms with E-state index < -0.39 is 5.78 Å². The molecule has 128 valence electrons. The van der Waals surface area contributed by atoms with Crippen molar-refractivity contribution in [2.75, 3.05) is 14.2 Å². The first-order valence-electron chi connectivity index (χ1n) is 7.39. The molecule has 2 aromatic carbocycles. The Morgan fingerprint density at radius 1 is 1.12 bits per heavy atom. The smallest absolute Gasteiger partial charge is 0.205 e. The predicted molar refractivity (Wildman–Crippen MR) is 90.7 cm³/mol. The molecule has 0 aliphatic rings. The fraction of sp³-hybridized carbons (Fsp3) is 0.105. The molecule has 0 amide bonds. The van der Waals surface area contributed by atoms with Crippen LogP contribution in [-0.2, 0) is 0 Å². The Balaban J connectivity index is 2.09. The van der Waals surface area contributed by atoms with E-state index in [0.29, 0.717) is 10.9 Å². The largest absolute Gasteiger partial charge is 0.504 e. The molecule has 3 aromatic rings. The normalized spacial score (nSPS) is 11.2. The van der Waals surface area contributed by atoms with Crippen LogP contribution in [0.15, 0.2) is 47.1 Å². The lowest BCUT2D eigenvalue weighted by molar-refractivity contribution is 0.104. The minimum Gasteiger partial charge on any atom is -0.504 e. The number of phenols is 1. The number of hydrogen-bond acceptors (Lipinski definition) is 5. The molecule has 0 aliphatic carbocycles. The summed E-state index contributed by atoms with van der Waals surface area (Å²) in [5, 5.41) is 11.0. The number of ether oxygens (including phenoxy) is 2. The molecule has 5 nitrogen and oxygen atoms in total. The van der Waals surface area contributed by atoms with E-state index in [1.54, 1.807) is 6.07 Å². The van der Waals surface area contributed by atoms with Gasteiger partial charge in [-0.3, -0.25) is 4.79 Å². The van der Waals surface area contributed by atoms with Crippen LogP contribution in [-0.4, -0.2) is 25.1 Å². The van der Waals surface area contributed by atoms with Gasteiger partial charge < -0.3 is 19.0 Å². The second-order valence-corrected chi connectivity index (χ2v) is 5.20. The highest BCUT2D eigenvalue weighted by Crippen LogP contribution is 2.45. The molecule has 0 radical (unpaired) electrons. The second kappa shape index (κ2) is 6.68.